The normalized spacial score (nSPS) is 17.2. The zero-order chi connectivity index (χ0) is 14.9. The van der Waals surface area contributed by atoms with Crippen LogP contribution in [0.15, 0.2) is 40.0 Å². The molecule has 4 nitrogen and oxygen atoms in total. The standard InChI is InChI=1S/C16H15N3OS2/c20-15-11(3-2-7-17-15)13-9-22-16(19-13)18-12-4-1-5-14-10(12)6-8-21-14/h2-3,6-9,12H,1,4-5H2,(H,17,20)(H,18,19). The van der Waals surface area contributed by atoms with E-state index in [1.165, 1.54) is 23.3 Å². The third kappa shape index (κ3) is 2.48. The predicted octanol–water partition coefficient (Wildman–Crippen LogP) is 4.05. The van der Waals surface area contributed by atoms with E-state index >= 15 is 0 Å². The number of thiazole rings is 1. The number of aromatic nitrogens is 2. The summed E-state index contributed by atoms with van der Waals surface area (Å²) in [6, 6.07) is 6.17. The van der Waals surface area contributed by atoms with Crippen molar-refractivity contribution in [2.45, 2.75) is 25.3 Å². The number of nitrogens with one attached hydrogen (secondary N) is 2. The number of fused-ring (bicyclic) bond motifs is 1. The van der Waals surface area contributed by atoms with Gasteiger partial charge in [-0.2, -0.15) is 0 Å². The quantitative estimate of drug-likeness (QED) is 0.762. The van der Waals surface area contributed by atoms with Gasteiger partial charge in [0.25, 0.3) is 5.56 Å². The van der Waals surface area contributed by atoms with E-state index in [1.807, 2.05) is 22.8 Å². The van der Waals surface area contributed by atoms with Gasteiger partial charge in [0, 0.05) is 16.5 Å². The maximum atomic E-state index is 11.8. The van der Waals surface area contributed by atoms with Crippen LogP contribution in [0.2, 0.25) is 0 Å². The van der Waals surface area contributed by atoms with Crippen LogP contribution in [0.5, 0.6) is 0 Å². The smallest absolute Gasteiger partial charge is 0.257 e. The fourth-order valence-corrected chi connectivity index (χ4v) is 4.62. The van der Waals surface area contributed by atoms with Crippen LogP contribution >= 0.6 is 22.7 Å². The maximum Gasteiger partial charge on any atom is 0.257 e. The van der Waals surface area contributed by atoms with Crippen molar-refractivity contribution in [1.82, 2.24) is 9.97 Å². The molecule has 0 radical (unpaired) electrons. The summed E-state index contributed by atoms with van der Waals surface area (Å²) in [7, 11) is 0. The van der Waals surface area contributed by atoms with Gasteiger partial charge < -0.3 is 10.3 Å². The fraction of sp³-hybridized carbons (Fsp3) is 0.250. The first-order chi connectivity index (χ1) is 10.8. The summed E-state index contributed by atoms with van der Waals surface area (Å²) < 4.78 is 0. The van der Waals surface area contributed by atoms with Crippen LogP contribution in [0, 0.1) is 0 Å². The molecule has 2 N–H and O–H groups in total. The number of H-pyrrole nitrogens is 1. The van der Waals surface area contributed by atoms with Gasteiger partial charge in [0.2, 0.25) is 0 Å². The Balaban J connectivity index is 1.59. The second kappa shape index (κ2) is 5.70. The first-order valence-electron chi connectivity index (χ1n) is 7.27. The molecule has 112 valence electrons. The van der Waals surface area contributed by atoms with Crippen molar-refractivity contribution >= 4 is 27.8 Å². The van der Waals surface area contributed by atoms with E-state index < -0.39 is 0 Å². The van der Waals surface area contributed by atoms with E-state index in [0.29, 0.717) is 11.6 Å². The average molecular weight is 329 g/mol. The molecule has 0 amide bonds. The zero-order valence-corrected chi connectivity index (χ0v) is 13.5. The Morgan fingerprint density at radius 1 is 1.32 bits per heavy atom. The summed E-state index contributed by atoms with van der Waals surface area (Å²) in [5.41, 5.74) is 2.66. The van der Waals surface area contributed by atoms with Crippen LogP contribution in [-0.2, 0) is 6.42 Å². The topological polar surface area (TPSA) is 57.8 Å². The van der Waals surface area contributed by atoms with Crippen molar-refractivity contribution in [3.63, 3.8) is 0 Å². The van der Waals surface area contributed by atoms with Gasteiger partial charge in [0.15, 0.2) is 5.13 Å². The number of aryl methyl sites for hydroxylation is 1. The van der Waals surface area contributed by atoms with Gasteiger partial charge in [-0.15, -0.1) is 22.7 Å². The van der Waals surface area contributed by atoms with Gasteiger partial charge in [-0.25, -0.2) is 4.98 Å². The maximum absolute atomic E-state index is 11.8. The lowest BCUT2D eigenvalue weighted by atomic mass is 9.94. The average Bonchev–Trinajstić information content (AvgIpc) is 3.17. The van der Waals surface area contributed by atoms with Crippen LogP contribution in [0.1, 0.15) is 29.3 Å². The highest BCUT2D eigenvalue weighted by molar-refractivity contribution is 7.14. The lowest BCUT2D eigenvalue weighted by molar-refractivity contribution is 0.608. The minimum atomic E-state index is -0.0999. The predicted molar refractivity (Wildman–Crippen MR) is 91.8 cm³/mol. The van der Waals surface area contributed by atoms with Crippen molar-refractivity contribution in [1.29, 1.82) is 0 Å². The van der Waals surface area contributed by atoms with Gasteiger partial charge in [-0.05, 0) is 48.4 Å². The Labute approximate surface area is 135 Å². The number of nitrogens with zero attached hydrogens (tertiary/aromatic N) is 1. The Morgan fingerprint density at radius 2 is 2.27 bits per heavy atom. The van der Waals surface area contributed by atoms with E-state index in [0.717, 1.165) is 17.2 Å². The highest BCUT2D eigenvalue weighted by atomic mass is 32.1. The van der Waals surface area contributed by atoms with E-state index in [9.17, 15) is 4.79 Å². The molecule has 0 fully saturated rings. The summed E-state index contributed by atoms with van der Waals surface area (Å²) in [6.07, 6.45) is 5.16. The lowest BCUT2D eigenvalue weighted by Gasteiger charge is -2.23. The molecule has 0 aliphatic heterocycles. The number of anilines is 1. The van der Waals surface area contributed by atoms with Crippen LogP contribution in [0.4, 0.5) is 5.13 Å². The molecule has 0 saturated heterocycles. The molecule has 1 atom stereocenters. The molecule has 0 spiro atoms. The van der Waals surface area contributed by atoms with Crippen molar-refractivity contribution in [3.8, 4) is 11.3 Å². The number of aromatic amines is 1. The van der Waals surface area contributed by atoms with E-state index in [2.05, 4.69) is 26.7 Å². The van der Waals surface area contributed by atoms with Crippen LogP contribution in [0.25, 0.3) is 11.3 Å². The third-order valence-electron chi connectivity index (χ3n) is 3.95. The SMILES string of the molecule is O=c1[nH]cccc1-c1csc(NC2CCCc3sccc32)n1. The van der Waals surface area contributed by atoms with Crippen molar-refractivity contribution < 1.29 is 0 Å². The molecule has 6 heteroatoms. The number of hydrogen-bond donors (Lipinski definition) is 2. The molecule has 0 bridgehead atoms. The molecular formula is C16H15N3OS2. The lowest BCUT2D eigenvalue weighted by Crippen LogP contribution is -2.15. The monoisotopic (exact) mass is 329 g/mol. The zero-order valence-electron chi connectivity index (χ0n) is 11.8. The Morgan fingerprint density at radius 3 is 3.18 bits per heavy atom. The largest absolute Gasteiger partial charge is 0.355 e. The minimum absolute atomic E-state index is 0.0999. The van der Waals surface area contributed by atoms with Crippen molar-refractivity contribution in [3.05, 3.63) is 56.0 Å². The Kier molecular flexibility index (Phi) is 3.56. The van der Waals surface area contributed by atoms with E-state index in [4.69, 9.17) is 0 Å². The number of hydrogen-bond acceptors (Lipinski definition) is 5. The summed E-state index contributed by atoms with van der Waals surface area (Å²) >= 11 is 3.39. The summed E-state index contributed by atoms with van der Waals surface area (Å²) in [4.78, 5) is 20.6. The van der Waals surface area contributed by atoms with Crippen molar-refractivity contribution in [2.75, 3.05) is 5.32 Å². The highest BCUT2D eigenvalue weighted by Gasteiger charge is 2.22. The molecule has 4 rings (SSSR count). The number of rotatable bonds is 3. The molecule has 1 aliphatic carbocycles. The van der Waals surface area contributed by atoms with Gasteiger partial charge in [0.1, 0.15) is 0 Å². The molecule has 22 heavy (non-hydrogen) atoms. The minimum Gasteiger partial charge on any atom is -0.355 e. The number of pyridine rings is 1. The molecule has 0 aromatic carbocycles. The Bertz CT molecular complexity index is 849. The fourth-order valence-electron chi connectivity index (χ4n) is 2.87. The molecule has 1 aliphatic rings. The summed E-state index contributed by atoms with van der Waals surface area (Å²) in [5.74, 6) is 0. The molecule has 1 unspecified atom stereocenters. The first kappa shape index (κ1) is 13.7. The van der Waals surface area contributed by atoms with E-state index in [1.54, 1.807) is 23.6 Å². The van der Waals surface area contributed by atoms with Crippen LogP contribution in [0.3, 0.4) is 0 Å². The van der Waals surface area contributed by atoms with Gasteiger partial charge >= 0.3 is 0 Å². The first-order valence-corrected chi connectivity index (χ1v) is 9.03. The second-order valence-electron chi connectivity index (χ2n) is 5.34. The molecular weight excluding hydrogens is 314 g/mol. The third-order valence-corrected chi connectivity index (χ3v) is 5.72. The summed E-state index contributed by atoms with van der Waals surface area (Å²) in [5, 5.41) is 8.51. The Hall–Kier alpha value is -1.92. The summed E-state index contributed by atoms with van der Waals surface area (Å²) in [6.45, 7) is 0. The molecule has 3 aromatic rings. The van der Waals surface area contributed by atoms with Crippen LogP contribution in [-0.4, -0.2) is 9.97 Å². The van der Waals surface area contributed by atoms with Crippen molar-refractivity contribution in [2.24, 2.45) is 0 Å². The van der Waals surface area contributed by atoms with Crippen LogP contribution < -0.4 is 10.9 Å². The molecule has 3 aromatic heterocycles. The second-order valence-corrected chi connectivity index (χ2v) is 7.20. The van der Waals surface area contributed by atoms with Gasteiger partial charge in [-0.1, -0.05) is 0 Å². The van der Waals surface area contributed by atoms with Gasteiger partial charge in [-0.3, -0.25) is 4.79 Å². The molecule has 0 saturated carbocycles. The van der Waals surface area contributed by atoms with Gasteiger partial charge in [0.05, 0.1) is 17.3 Å². The molecule has 3 heterocycles. The highest BCUT2D eigenvalue weighted by Crippen LogP contribution is 2.36. The van der Waals surface area contributed by atoms with E-state index in [-0.39, 0.29) is 5.56 Å². The number of thiophene rings is 1.